The number of unbranched alkanes of at least 4 members (excludes halogenated alkanes) is 1. The minimum absolute atomic E-state index is 0.0207. The van der Waals surface area contributed by atoms with Gasteiger partial charge in [-0.3, -0.25) is 34.4 Å². The number of nitrogens with one attached hydrogen (secondary N) is 3. The summed E-state index contributed by atoms with van der Waals surface area (Å²) in [6, 6.07) is 12.2. The van der Waals surface area contributed by atoms with Crippen molar-refractivity contribution in [2.75, 3.05) is 123 Å². The molecule has 18 heteroatoms. The topological polar surface area (TPSA) is 153 Å². The third-order valence-corrected chi connectivity index (χ3v) is 15.5. The van der Waals surface area contributed by atoms with Gasteiger partial charge in [0.2, 0.25) is 17.7 Å². The van der Waals surface area contributed by atoms with Crippen LogP contribution in [0.5, 0.6) is 0 Å². The van der Waals surface area contributed by atoms with Crippen LogP contribution in [0.4, 0.5) is 42.3 Å². The van der Waals surface area contributed by atoms with Crippen LogP contribution < -0.4 is 35.6 Å². The Morgan fingerprint density at radius 2 is 1.48 bits per heavy atom. The van der Waals surface area contributed by atoms with Gasteiger partial charge in [-0.05, 0) is 106 Å². The van der Waals surface area contributed by atoms with Crippen molar-refractivity contribution in [2.24, 2.45) is 11.3 Å². The molecule has 5 amide bonds. The number of aromatic nitrogens is 2. The van der Waals surface area contributed by atoms with Crippen molar-refractivity contribution in [1.29, 1.82) is 0 Å². The molecule has 6 aliphatic rings. The van der Waals surface area contributed by atoms with Crippen molar-refractivity contribution in [3.05, 3.63) is 66.0 Å². The molecule has 16 nitrogen and oxygen atoms in total. The van der Waals surface area contributed by atoms with E-state index < -0.39 is 17.2 Å². The average molecular weight is 953 g/mol. The minimum atomic E-state index is -0.564. The van der Waals surface area contributed by atoms with E-state index in [1.165, 1.54) is 12.1 Å². The zero-order chi connectivity index (χ0) is 48.1. The number of hydrogen-bond acceptors (Lipinski definition) is 12. The molecule has 6 fully saturated rings. The first-order valence-electron chi connectivity index (χ1n) is 25.3. The van der Waals surface area contributed by atoms with Crippen molar-refractivity contribution in [1.82, 2.24) is 35.3 Å². The Kier molecular flexibility index (Phi) is 14.8. The third-order valence-electron chi connectivity index (χ3n) is 15.5. The predicted octanol–water partition coefficient (Wildman–Crippen LogP) is 5.44. The van der Waals surface area contributed by atoms with Crippen molar-refractivity contribution in [2.45, 2.75) is 90.1 Å². The summed E-state index contributed by atoms with van der Waals surface area (Å²) in [4.78, 5) is 73.6. The molecule has 0 bridgehead atoms. The van der Waals surface area contributed by atoms with E-state index in [0.29, 0.717) is 76.4 Å². The molecular formula is C51H70F2N12O4. The maximum absolute atomic E-state index is 15.7. The lowest BCUT2D eigenvalue weighted by atomic mass is 9.82. The fraction of sp³-hybridized carbons (Fsp3) is 0.608. The maximum Gasteiger partial charge on any atom is 0.328 e. The number of nitrogens with zero attached hydrogens (tertiary/aromatic N) is 9. The first-order chi connectivity index (χ1) is 33.3. The molecule has 0 aliphatic carbocycles. The van der Waals surface area contributed by atoms with E-state index in [-0.39, 0.29) is 41.4 Å². The standard InChI is InChI=1S/C51H70F2N12O4/c1-50(2)13-21-59(22-14-50)33-38-29-42(53)43(30-41(38)52)64-34-47(67)58-51(35-64)15-23-62(24-16-51)45-31-44(55-36-56-45)54-17-4-3-5-48(68)63-18-10-37(11-19-63)32-60-25-27-61(28-26-60)39-6-8-40(9-7-39)65-20-12-46(66)57-49(65)69/h6-9,29-31,36-37H,3-5,10-28,32-35H2,1-2H3,(H,58,67)(H,54,55,56)(H,57,66,69). The van der Waals surface area contributed by atoms with Gasteiger partial charge in [0, 0.05) is 127 Å². The van der Waals surface area contributed by atoms with Crippen molar-refractivity contribution >= 4 is 52.5 Å². The summed E-state index contributed by atoms with van der Waals surface area (Å²) in [6.45, 7) is 15.9. The van der Waals surface area contributed by atoms with Gasteiger partial charge in [0.05, 0.1) is 17.8 Å². The normalized spacial score (nSPS) is 21.7. The molecule has 69 heavy (non-hydrogen) atoms. The number of carbonyl (C=O) groups is 4. The zero-order valence-corrected chi connectivity index (χ0v) is 40.5. The van der Waals surface area contributed by atoms with Gasteiger partial charge < -0.3 is 30.2 Å². The second-order valence-electron chi connectivity index (χ2n) is 21.0. The van der Waals surface area contributed by atoms with Gasteiger partial charge in [-0.1, -0.05) is 13.8 Å². The number of carbonyl (C=O) groups excluding carboxylic acids is 4. The molecule has 3 aromatic rings. The Labute approximate surface area is 405 Å². The molecule has 0 unspecified atom stereocenters. The highest BCUT2D eigenvalue weighted by molar-refractivity contribution is 6.05. The maximum atomic E-state index is 15.7. The molecule has 0 radical (unpaired) electrons. The number of piperazine rings is 2. The quantitative estimate of drug-likeness (QED) is 0.177. The highest BCUT2D eigenvalue weighted by atomic mass is 19.1. The molecule has 1 spiro atoms. The Morgan fingerprint density at radius 3 is 2.20 bits per heavy atom. The van der Waals surface area contributed by atoms with E-state index >= 15 is 8.78 Å². The molecule has 0 saturated carbocycles. The van der Waals surface area contributed by atoms with Crippen LogP contribution in [0.15, 0.2) is 48.8 Å². The number of halogens is 2. The first kappa shape index (κ1) is 48.4. The number of piperidine rings is 3. The van der Waals surface area contributed by atoms with Crippen LogP contribution in [0.2, 0.25) is 0 Å². The van der Waals surface area contributed by atoms with Crippen LogP contribution in [0.1, 0.15) is 83.6 Å². The van der Waals surface area contributed by atoms with E-state index in [1.807, 2.05) is 23.1 Å². The zero-order valence-electron chi connectivity index (χ0n) is 40.5. The summed E-state index contributed by atoms with van der Waals surface area (Å²) in [5.41, 5.74) is 2.13. The minimum Gasteiger partial charge on any atom is -0.370 e. The summed E-state index contributed by atoms with van der Waals surface area (Å²) in [6.07, 6.45) is 9.39. The summed E-state index contributed by atoms with van der Waals surface area (Å²) in [5.74, 6) is 0.969. The van der Waals surface area contributed by atoms with E-state index in [9.17, 15) is 19.2 Å². The van der Waals surface area contributed by atoms with Crippen LogP contribution in [0.3, 0.4) is 0 Å². The Morgan fingerprint density at radius 1 is 0.754 bits per heavy atom. The summed E-state index contributed by atoms with van der Waals surface area (Å²) in [5, 5.41) is 9.00. The molecule has 6 saturated heterocycles. The molecule has 372 valence electrons. The molecule has 0 atom stereocenters. The highest BCUT2D eigenvalue weighted by Gasteiger charge is 2.42. The lowest BCUT2D eigenvalue weighted by Gasteiger charge is -2.48. The highest BCUT2D eigenvalue weighted by Crippen LogP contribution is 2.35. The number of anilines is 5. The van der Waals surface area contributed by atoms with Crippen molar-refractivity contribution in [3.8, 4) is 0 Å². The number of hydrogen-bond donors (Lipinski definition) is 3. The third kappa shape index (κ3) is 12.0. The Hall–Kier alpha value is -5.62. The van der Waals surface area contributed by atoms with Gasteiger partial charge in [-0.2, -0.15) is 0 Å². The molecule has 9 rings (SSSR count). The van der Waals surface area contributed by atoms with Crippen LogP contribution in [-0.4, -0.2) is 152 Å². The lowest BCUT2D eigenvalue weighted by Crippen LogP contribution is -2.66. The van der Waals surface area contributed by atoms with E-state index in [2.05, 4.69) is 71.5 Å². The average Bonchev–Trinajstić information content (AvgIpc) is 3.34. The van der Waals surface area contributed by atoms with Crippen LogP contribution in [-0.2, 0) is 20.9 Å². The van der Waals surface area contributed by atoms with E-state index in [0.717, 1.165) is 120 Å². The number of benzene rings is 2. The molecule has 7 heterocycles. The number of urea groups is 1. The number of rotatable bonds is 14. The Bertz CT molecular complexity index is 2300. The predicted molar refractivity (Wildman–Crippen MR) is 263 cm³/mol. The monoisotopic (exact) mass is 953 g/mol. The van der Waals surface area contributed by atoms with Gasteiger partial charge in [0.15, 0.2) is 0 Å². The molecule has 6 aliphatic heterocycles. The van der Waals surface area contributed by atoms with Gasteiger partial charge >= 0.3 is 6.03 Å². The fourth-order valence-electron chi connectivity index (χ4n) is 11.1. The fourth-order valence-corrected chi connectivity index (χ4v) is 11.1. The SMILES string of the molecule is CC1(C)CCN(Cc2cc(F)c(N3CC(=O)NC4(CCN(c5cc(NCCCCC(=O)N6CCC(CN7CCN(c8ccc(N9CCC(=O)NC9=O)cc8)CC7)CC6)ncn5)CC4)C3)cc2F)CC1. The van der Waals surface area contributed by atoms with E-state index in [4.69, 9.17) is 0 Å². The summed E-state index contributed by atoms with van der Waals surface area (Å²) >= 11 is 0. The van der Waals surface area contributed by atoms with Gasteiger partial charge in [0.1, 0.15) is 29.6 Å². The van der Waals surface area contributed by atoms with Crippen molar-refractivity contribution < 1.29 is 28.0 Å². The Balaban J connectivity index is 0.655. The van der Waals surface area contributed by atoms with Gasteiger partial charge in [-0.15, -0.1) is 0 Å². The second-order valence-corrected chi connectivity index (χ2v) is 21.0. The lowest BCUT2D eigenvalue weighted by molar-refractivity contribution is -0.132. The van der Waals surface area contributed by atoms with Crippen molar-refractivity contribution in [3.63, 3.8) is 0 Å². The number of likely N-dealkylation sites (tertiary alicyclic amines) is 2. The van der Waals surface area contributed by atoms with Gasteiger partial charge in [0.25, 0.3) is 0 Å². The summed E-state index contributed by atoms with van der Waals surface area (Å²) < 4.78 is 31.2. The number of imide groups is 1. The van der Waals surface area contributed by atoms with E-state index in [1.54, 1.807) is 16.1 Å². The summed E-state index contributed by atoms with van der Waals surface area (Å²) in [7, 11) is 0. The van der Waals surface area contributed by atoms with Crippen LogP contribution in [0.25, 0.3) is 0 Å². The smallest absolute Gasteiger partial charge is 0.328 e. The number of amides is 5. The van der Waals surface area contributed by atoms with Crippen LogP contribution in [0, 0.1) is 23.0 Å². The largest absolute Gasteiger partial charge is 0.370 e. The molecule has 3 N–H and O–H groups in total. The second kappa shape index (κ2) is 21.2. The van der Waals surface area contributed by atoms with Gasteiger partial charge in [-0.25, -0.2) is 23.5 Å². The molecule has 1 aromatic heterocycles. The molecule has 2 aromatic carbocycles. The first-order valence-corrected chi connectivity index (χ1v) is 25.3. The van der Waals surface area contributed by atoms with Crippen LogP contribution >= 0.6 is 0 Å². The molecular weight excluding hydrogens is 883 g/mol.